The summed E-state index contributed by atoms with van der Waals surface area (Å²) in [6.07, 6.45) is -0.00161. The Bertz CT molecular complexity index is 3050. The van der Waals surface area contributed by atoms with E-state index in [0.717, 1.165) is 26.0 Å². The summed E-state index contributed by atoms with van der Waals surface area (Å²) in [5, 5.41) is 3.05. The standard InChI is InChI=1S/C21H16O6S2.C13H12NO2S.2C6H6O.C2H5.3Hg/c22-28(23,24)20-12-16-7-3-1-5-14(16)9-18(20)11-19-10-15-6-2-4-8-17(15)13-21(19)29(25,26)27;1-11-7-9-13(10-8-11)17(15,16)14-12-5-3-2-4-6-12;2*7-6-4-2-1-3-5-6;1-2;;;/h1-10,12-13H,11H2,(H,22,23,24)(H,25,26,27);2-10H,1H3;2*1-5,7H;1H2,2H3;;;/q;-1;;;;+1;2*+2/p-4. The molecule has 0 fully saturated rings. The van der Waals surface area contributed by atoms with E-state index in [1.807, 2.05) is 110 Å². The van der Waals surface area contributed by atoms with E-state index in [-0.39, 0.29) is 16.2 Å². The van der Waals surface area contributed by atoms with Crippen molar-refractivity contribution in [2.45, 2.75) is 38.9 Å². The number of para-hydroxylation sites is 3. The number of aryl methyl sites for hydroxylation is 1. The van der Waals surface area contributed by atoms with Gasteiger partial charge >= 0.3 is 425 Å². The summed E-state index contributed by atoms with van der Waals surface area (Å²) in [5.41, 5.74) is 2.67. The van der Waals surface area contributed by atoms with E-state index < -0.39 is 106 Å². The van der Waals surface area contributed by atoms with Crippen LogP contribution in [0.3, 0.4) is 0 Å². The van der Waals surface area contributed by atoms with Gasteiger partial charge in [0.15, 0.2) is 0 Å². The molecule has 0 atom stereocenters. The number of hydrogen-bond acceptors (Lipinski definition) is 10. The van der Waals surface area contributed by atoms with Crippen LogP contribution in [-0.4, -0.2) is 25.3 Å². The SMILES string of the molecule is C[CH2][Hg][N](c1ccccc1)S(=O)(=O)c1ccc(C)cc1.O=S(=O)([O][Hg][O]c1ccccc1)c1cc2ccccc2cc1Cc1cc2ccccc2cc1S(=O)(=O)[O][Hg][O]c1ccccc1. The van der Waals surface area contributed by atoms with E-state index in [2.05, 4.69) is 6.92 Å². The van der Waals surface area contributed by atoms with Crippen LogP contribution in [0.25, 0.3) is 21.5 Å². The van der Waals surface area contributed by atoms with Gasteiger partial charge in [-0.2, -0.15) is 0 Å². The van der Waals surface area contributed by atoms with Gasteiger partial charge in [0.05, 0.1) is 0 Å². The molecule has 17 heteroatoms. The summed E-state index contributed by atoms with van der Waals surface area (Å²) in [4.78, 5) is 0.339. The molecule has 0 aliphatic rings. The van der Waals surface area contributed by atoms with E-state index in [9.17, 15) is 25.3 Å². The summed E-state index contributed by atoms with van der Waals surface area (Å²) >= 11 is -7.36. The van der Waals surface area contributed by atoms with Crippen LogP contribution in [0, 0.1) is 6.92 Å². The first-order valence-electron chi connectivity index (χ1n) is 20.7. The summed E-state index contributed by atoms with van der Waals surface area (Å²) in [6, 6.07) is 55.9. The Morgan fingerprint density at radius 3 is 1.28 bits per heavy atom. The molecule has 0 aliphatic carbocycles. The molecule has 0 saturated heterocycles. The molecule has 322 valence electrons. The van der Waals surface area contributed by atoms with Gasteiger partial charge in [0.25, 0.3) is 0 Å². The molecule has 0 unspecified atom stereocenters. The van der Waals surface area contributed by atoms with Gasteiger partial charge in [-0.05, 0) is 0 Å². The van der Waals surface area contributed by atoms with E-state index in [1.165, 1.54) is 0 Å². The van der Waals surface area contributed by atoms with Crippen LogP contribution < -0.4 is 7.36 Å². The Hall–Kier alpha value is -3.74. The van der Waals surface area contributed by atoms with Crippen LogP contribution in [0.5, 0.6) is 11.5 Å². The van der Waals surface area contributed by atoms with Crippen LogP contribution in [0.15, 0.2) is 203 Å². The van der Waals surface area contributed by atoms with Gasteiger partial charge in [-0.25, -0.2) is 0 Å². The van der Waals surface area contributed by atoms with E-state index in [1.54, 1.807) is 87.0 Å². The van der Waals surface area contributed by atoms with Crippen molar-refractivity contribution in [3.8, 4) is 11.5 Å². The number of anilines is 1. The van der Waals surface area contributed by atoms with Gasteiger partial charge in [0.1, 0.15) is 0 Å². The Balaban J connectivity index is 0.000000263. The van der Waals surface area contributed by atoms with Crippen LogP contribution in [0.4, 0.5) is 5.69 Å². The zero-order valence-corrected chi connectivity index (χ0v) is 54.6. The van der Waals surface area contributed by atoms with Gasteiger partial charge in [-0.15, -0.1) is 0 Å². The van der Waals surface area contributed by atoms with Crippen molar-refractivity contribution >= 4 is 57.5 Å². The van der Waals surface area contributed by atoms with Crippen molar-refractivity contribution in [2.24, 2.45) is 0 Å². The maximum atomic E-state index is 13.7. The van der Waals surface area contributed by atoms with Crippen LogP contribution in [0.2, 0.25) is 3.93 Å². The molecule has 8 aromatic carbocycles. The molecule has 11 nitrogen and oxygen atoms in total. The predicted molar refractivity (Wildman–Crippen MR) is 239 cm³/mol. The Kier molecular flexibility index (Phi) is 17.3. The van der Waals surface area contributed by atoms with Gasteiger partial charge in [-0.3, -0.25) is 0 Å². The Morgan fingerprint density at radius 2 is 0.862 bits per heavy atom. The van der Waals surface area contributed by atoms with Crippen LogP contribution in [0.1, 0.15) is 23.6 Å². The molecule has 8 rings (SSSR count). The molecule has 8 aromatic rings. The molecule has 0 radical (unpaired) electrons. The first-order chi connectivity index (χ1) is 31.3. The average Bonchev–Trinajstić information content (AvgIpc) is 3.31. The third kappa shape index (κ3) is 13.0. The second kappa shape index (κ2) is 22.8. The van der Waals surface area contributed by atoms with Crippen molar-refractivity contribution in [2.75, 3.05) is 2.07 Å². The molecule has 0 aliphatic heterocycles. The first kappa shape index (κ1) is 49.2. The molecule has 0 amide bonds. The zero-order valence-electron chi connectivity index (χ0n) is 35.7. The number of hydrogen-bond donors (Lipinski definition) is 0. The Morgan fingerprint density at radius 1 is 0.477 bits per heavy atom. The predicted octanol–water partition coefficient (Wildman–Crippen LogP) is 10.6. The van der Waals surface area contributed by atoms with E-state index >= 15 is 0 Å². The van der Waals surface area contributed by atoms with Crippen molar-refractivity contribution in [3.05, 3.63) is 205 Å². The molecule has 0 spiro atoms. The minimum absolute atomic E-state index is 0.00161. The molecule has 0 bridgehead atoms. The zero-order chi connectivity index (χ0) is 45.9. The topological polar surface area (TPSA) is 143 Å². The second-order valence-corrected chi connectivity index (χ2v) is 39.3. The van der Waals surface area contributed by atoms with Crippen molar-refractivity contribution in [3.63, 3.8) is 0 Å². The third-order valence-corrected chi connectivity index (χ3v) is 37.8. The molecular weight excluding hydrogens is 1450 g/mol. The van der Waals surface area contributed by atoms with E-state index in [4.69, 9.17) is 9.47 Å². The van der Waals surface area contributed by atoms with E-state index in [0.29, 0.717) is 38.3 Å². The number of benzene rings is 8. The Labute approximate surface area is 420 Å². The van der Waals surface area contributed by atoms with Gasteiger partial charge < -0.3 is 0 Å². The second-order valence-electron chi connectivity index (χ2n) is 14.8. The van der Waals surface area contributed by atoms with Crippen LogP contribution >= 0.6 is 0 Å². The maximum absolute atomic E-state index is 13.7. The number of nitrogens with zero attached hydrogens (tertiary/aromatic N) is 1. The minimum atomic E-state index is -4.22. The number of fused-ring (bicyclic) bond motifs is 2. The summed E-state index contributed by atoms with van der Waals surface area (Å²) in [6.45, 7) is 4.03. The third-order valence-electron chi connectivity index (χ3n) is 10.2. The number of sulfonamides is 1. The fourth-order valence-corrected chi connectivity index (χ4v) is 29.5. The summed E-state index contributed by atoms with van der Waals surface area (Å²) in [7, 11) is -11.8. The molecular formula is C48H41Hg3NO10S3. The molecule has 0 heterocycles. The van der Waals surface area contributed by atoms with Crippen LogP contribution in [-0.2, 0) is 117 Å². The van der Waals surface area contributed by atoms with Crippen molar-refractivity contribution in [1.82, 2.24) is 0 Å². The first-order valence-corrected chi connectivity index (χ1v) is 40.2. The number of rotatable bonds is 17. The molecule has 65 heavy (non-hydrogen) atoms. The molecule has 0 saturated carbocycles. The quantitative estimate of drug-likeness (QED) is 0.0809. The molecule has 0 aromatic heterocycles. The monoisotopic (exact) mass is 1490 g/mol. The summed E-state index contributed by atoms with van der Waals surface area (Å²) in [5.74, 6) is 1.11. The molecule has 0 N–H and O–H groups in total. The summed E-state index contributed by atoms with van der Waals surface area (Å²) < 4.78 is 105. The normalized spacial score (nSPS) is 11.4. The average molecular weight is 1490 g/mol. The fraction of sp³-hybridized carbons (Fsp3) is 0.0833. The van der Waals surface area contributed by atoms with Crippen molar-refractivity contribution < 1.29 is 111 Å². The van der Waals surface area contributed by atoms with Crippen molar-refractivity contribution in [1.29, 1.82) is 0 Å². The van der Waals surface area contributed by atoms with Gasteiger partial charge in [0.2, 0.25) is 0 Å². The van der Waals surface area contributed by atoms with Gasteiger partial charge in [-0.1, -0.05) is 0 Å². The fourth-order valence-electron chi connectivity index (χ4n) is 6.97. The van der Waals surface area contributed by atoms with Gasteiger partial charge in [0, 0.05) is 0 Å².